The van der Waals surface area contributed by atoms with Gasteiger partial charge in [0.15, 0.2) is 0 Å². The summed E-state index contributed by atoms with van der Waals surface area (Å²) in [5, 5.41) is 2.62. The minimum Gasteiger partial charge on any atom is -0.311 e. The Labute approximate surface area is 300 Å². The Morgan fingerprint density at radius 1 is 0.431 bits per heavy atom. The van der Waals surface area contributed by atoms with Crippen molar-refractivity contribution in [1.29, 1.82) is 0 Å². The van der Waals surface area contributed by atoms with Crippen molar-refractivity contribution in [2.75, 3.05) is 4.90 Å². The third-order valence-corrected chi connectivity index (χ3v) is 12.0. The fraction of sp³-hybridized carbons (Fsp3) is 0.125. The van der Waals surface area contributed by atoms with Gasteiger partial charge in [0.2, 0.25) is 0 Å². The molecule has 10 rings (SSSR count). The van der Waals surface area contributed by atoms with Gasteiger partial charge in [0.05, 0.1) is 5.52 Å². The van der Waals surface area contributed by atoms with Gasteiger partial charge in [-0.1, -0.05) is 155 Å². The Morgan fingerprint density at radius 3 is 1.73 bits per heavy atom. The average Bonchev–Trinajstić information content (AvgIpc) is 3.52. The van der Waals surface area contributed by atoms with Gasteiger partial charge < -0.3 is 9.47 Å². The summed E-state index contributed by atoms with van der Waals surface area (Å²) in [6, 6.07) is 61.1. The lowest BCUT2D eigenvalue weighted by Gasteiger charge is -2.41. The number of anilines is 3. The SMILES string of the molecule is CC(C)(c1ccccc1)c1ccc(N2c3ccc(C(C)(C)c4ccccc4)cc3B3c4c2cccc4-n2c4ccccc4c4cccc3c42)cc1. The second kappa shape index (κ2) is 10.9. The van der Waals surface area contributed by atoms with Gasteiger partial charge in [-0.15, -0.1) is 0 Å². The van der Waals surface area contributed by atoms with Gasteiger partial charge in [0.25, 0.3) is 6.71 Å². The maximum Gasteiger partial charge on any atom is 0.252 e. The van der Waals surface area contributed by atoms with Crippen molar-refractivity contribution in [1.82, 2.24) is 4.57 Å². The van der Waals surface area contributed by atoms with Crippen molar-refractivity contribution in [3.8, 4) is 5.69 Å². The first-order valence-electron chi connectivity index (χ1n) is 18.2. The first-order chi connectivity index (χ1) is 24.8. The Bertz CT molecular complexity index is 2630. The van der Waals surface area contributed by atoms with Gasteiger partial charge in [-0.2, -0.15) is 0 Å². The molecule has 0 unspecified atom stereocenters. The topological polar surface area (TPSA) is 8.17 Å². The summed E-state index contributed by atoms with van der Waals surface area (Å²) in [5.41, 5.74) is 16.6. The molecule has 2 aliphatic rings. The summed E-state index contributed by atoms with van der Waals surface area (Å²) in [7, 11) is 0. The number of para-hydroxylation sites is 2. The standard InChI is InChI=1S/C48H39BN2/c1-47(2,32-15-7-5-8-16-32)34-25-28-36(29-26-34)50-42-30-27-35(48(3,4)33-17-9-6-10-18-33)31-40(42)49-39-21-13-20-38-37-19-11-12-22-41(37)51(46(38)39)44-24-14-23-43(50)45(44)49/h5-31H,1-4H3. The van der Waals surface area contributed by atoms with Crippen LogP contribution in [-0.2, 0) is 10.8 Å². The van der Waals surface area contributed by atoms with E-state index in [0.717, 1.165) is 0 Å². The predicted molar refractivity (Wildman–Crippen MR) is 217 cm³/mol. The normalized spacial score (nSPS) is 13.4. The van der Waals surface area contributed by atoms with Crippen LogP contribution < -0.4 is 21.3 Å². The molecule has 1 aromatic heterocycles. The highest BCUT2D eigenvalue weighted by Gasteiger charge is 2.42. The van der Waals surface area contributed by atoms with Gasteiger partial charge in [0.1, 0.15) is 0 Å². The molecule has 0 bridgehead atoms. The molecule has 8 aromatic rings. The summed E-state index contributed by atoms with van der Waals surface area (Å²) >= 11 is 0. The maximum absolute atomic E-state index is 2.53. The molecule has 0 fully saturated rings. The summed E-state index contributed by atoms with van der Waals surface area (Å²) in [4.78, 5) is 2.51. The van der Waals surface area contributed by atoms with Crippen molar-refractivity contribution in [3.63, 3.8) is 0 Å². The van der Waals surface area contributed by atoms with E-state index in [1.165, 1.54) is 83.2 Å². The van der Waals surface area contributed by atoms with Crippen LogP contribution in [-0.4, -0.2) is 11.3 Å². The van der Waals surface area contributed by atoms with E-state index in [1.54, 1.807) is 0 Å². The number of aromatic nitrogens is 1. The molecule has 0 spiro atoms. The van der Waals surface area contributed by atoms with Gasteiger partial charge in [0, 0.05) is 49.9 Å². The third-order valence-electron chi connectivity index (χ3n) is 12.0. The largest absolute Gasteiger partial charge is 0.311 e. The quantitative estimate of drug-likeness (QED) is 0.168. The van der Waals surface area contributed by atoms with E-state index in [1.807, 2.05) is 0 Å². The van der Waals surface area contributed by atoms with E-state index in [2.05, 4.69) is 201 Å². The van der Waals surface area contributed by atoms with Gasteiger partial charge >= 0.3 is 0 Å². The Balaban J connectivity index is 1.23. The molecular formula is C48H39BN2. The number of fused-ring (bicyclic) bond motifs is 7. The molecule has 3 heteroatoms. The molecule has 0 N–H and O–H groups in total. The minimum atomic E-state index is -0.166. The summed E-state index contributed by atoms with van der Waals surface area (Å²) < 4.78 is 2.53. The molecule has 7 aromatic carbocycles. The smallest absolute Gasteiger partial charge is 0.252 e. The van der Waals surface area contributed by atoms with E-state index in [-0.39, 0.29) is 17.5 Å². The van der Waals surface area contributed by atoms with Gasteiger partial charge in [-0.25, -0.2) is 0 Å². The Kier molecular flexibility index (Phi) is 6.40. The second-order valence-electron chi connectivity index (χ2n) is 15.4. The highest BCUT2D eigenvalue weighted by atomic mass is 15.2. The first-order valence-corrected chi connectivity index (χ1v) is 18.2. The van der Waals surface area contributed by atoms with Crippen LogP contribution in [0.15, 0.2) is 164 Å². The minimum absolute atomic E-state index is 0.103. The van der Waals surface area contributed by atoms with Crippen molar-refractivity contribution in [3.05, 3.63) is 186 Å². The Morgan fingerprint density at radius 2 is 1.00 bits per heavy atom. The van der Waals surface area contributed by atoms with E-state index in [0.29, 0.717) is 0 Å². The zero-order valence-electron chi connectivity index (χ0n) is 29.6. The summed E-state index contributed by atoms with van der Waals surface area (Å²) in [5.74, 6) is 0. The van der Waals surface area contributed by atoms with Gasteiger partial charge in [-0.3, -0.25) is 0 Å². The summed E-state index contributed by atoms with van der Waals surface area (Å²) in [6.45, 7) is 9.46. The lowest BCUT2D eigenvalue weighted by atomic mass is 9.33. The van der Waals surface area contributed by atoms with Crippen LogP contribution in [0.25, 0.3) is 27.5 Å². The average molecular weight is 655 g/mol. The molecule has 244 valence electrons. The van der Waals surface area contributed by atoms with Crippen molar-refractivity contribution < 1.29 is 0 Å². The highest BCUT2D eigenvalue weighted by Crippen LogP contribution is 2.43. The number of nitrogens with zero attached hydrogens (tertiary/aromatic N) is 2. The zero-order chi connectivity index (χ0) is 34.5. The molecule has 0 amide bonds. The highest BCUT2D eigenvalue weighted by molar-refractivity contribution is 7.00. The van der Waals surface area contributed by atoms with E-state index in [4.69, 9.17) is 0 Å². The molecule has 0 saturated carbocycles. The first kappa shape index (κ1) is 30.1. The molecule has 0 atom stereocenters. The molecule has 0 radical (unpaired) electrons. The van der Waals surface area contributed by atoms with E-state index in [9.17, 15) is 0 Å². The van der Waals surface area contributed by atoms with Crippen molar-refractivity contribution >= 4 is 62.0 Å². The maximum atomic E-state index is 2.53. The number of hydrogen-bond donors (Lipinski definition) is 0. The molecule has 3 heterocycles. The van der Waals surface area contributed by atoms with Crippen LogP contribution in [0.4, 0.5) is 17.1 Å². The number of benzene rings is 7. The van der Waals surface area contributed by atoms with Crippen molar-refractivity contribution in [2.24, 2.45) is 0 Å². The van der Waals surface area contributed by atoms with Crippen LogP contribution >= 0.6 is 0 Å². The molecule has 51 heavy (non-hydrogen) atoms. The zero-order valence-corrected chi connectivity index (χ0v) is 29.6. The predicted octanol–water partition coefficient (Wildman–Crippen LogP) is 10.0. The van der Waals surface area contributed by atoms with Crippen LogP contribution in [0.5, 0.6) is 0 Å². The summed E-state index contributed by atoms with van der Waals surface area (Å²) in [6.07, 6.45) is 0. The van der Waals surface area contributed by atoms with E-state index < -0.39 is 0 Å². The van der Waals surface area contributed by atoms with Gasteiger partial charge in [-0.05, 0) is 75.0 Å². The molecule has 0 saturated heterocycles. The van der Waals surface area contributed by atoms with Crippen LogP contribution in [0.2, 0.25) is 0 Å². The van der Waals surface area contributed by atoms with Crippen LogP contribution in [0.1, 0.15) is 49.9 Å². The molecule has 2 aliphatic heterocycles. The fourth-order valence-electron chi connectivity index (χ4n) is 9.09. The molecule has 2 nitrogen and oxygen atoms in total. The van der Waals surface area contributed by atoms with E-state index >= 15 is 0 Å². The molecular weight excluding hydrogens is 615 g/mol. The monoisotopic (exact) mass is 654 g/mol. The lowest BCUT2D eigenvalue weighted by Crippen LogP contribution is -2.60. The van der Waals surface area contributed by atoms with Crippen molar-refractivity contribution in [2.45, 2.75) is 38.5 Å². The van der Waals surface area contributed by atoms with Crippen LogP contribution in [0, 0.1) is 0 Å². The molecule has 0 aliphatic carbocycles. The fourth-order valence-corrected chi connectivity index (χ4v) is 9.09. The number of hydrogen-bond acceptors (Lipinski definition) is 1. The van der Waals surface area contributed by atoms with Crippen LogP contribution in [0.3, 0.4) is 0 Å². The lowest BCUT2D eigenvalue weighted by molar-refractivity contribution is 0.641. The number of rotatable bonds is 5. The third kappa shape index (κ3) is 4.24. The second-order valence-corrected chi connectivity index (χ2v) is 15.4. The Hall–Kier alpha value is -5.80.